The van der Waals surface area contributed by atoms with Crippen LogP contribution in [0.25, 0.3) is 0 Å². The van der Waals surface area contributed by atoms with E-state index in [0.717, 1.165) is 5.56 Å². The number of nitrogens with zero attached hydrogens (tertiary/aromatic N) is 2. The predicted octanol–water partition coefficient (Wildman–Crippen LogP) is 3.68. The van der Waals surface area contributed by atoms with E-state index in [0.29, 0.717) is 22.8 Å². The number of nitrogens with one attached hydrogen (secondary N) is 1. The lowest BCUT2D eigenvalue weighted by Crippen LogP contribution is -2.11. The van der Waals surface area contributed by atoms with Crippen molar-refractivity contribution in [2.24, 2.45) is 0 Å². The van der Waals surface area contributed by atoms with E-state index < -0.39 is 5.82 Å². The van der Waals surface area contributed by atoms with Gasteiger partial charge in [0.1, 0.15) is 11.6 Å². The molecular formula is C17H13ClFN3O2. The number of amides is 1. The van der Waals surface area contributed by atoms with Crippen LogP contribution in [0.5, 0.6) is 5.75 Å². The maximum absolute atomic E-state index is 13.0. The standard InChI is InChI=1S/C17H13ClFN3O2/c18-16-7-13(19)4-1-12(16)9-22-10-14(8-20-22)21-17(24)11-2-5-15(23)6-3-11/h1-8,10,23H,9H2,(H,21,24). The fraction of sp³-hybridized carbons (Fsp3) is 0.0588. The number of hydrogen-bond donors (Lipinski definition) is 2. The van der Waals surface area contributed by atoms with Crippen LogP contribution in [0, 0.1) is 5.82 Å². The highest BCUT2D eigenvalue weighted by molar-refractivity contribution is 6.31. The molecule has 122 valence electrons. The minimum atomic E-state index is -0.397. The van der Waals surface area contributed by atoms with Gasteiger partial charge in [-0.2, -0.15) is 5.10 Å². The minimum absolute atomic E-state index is 0.0931. The van der Waals surface area contributed by atoms with Gasteiger partial charge in [-0.05, 0) is 42.0 Å². The molecule has 1 heterocycles. The summed E-state index contributed by atoms with van der Waals surface area (Å²) in [7, 11) is 0. The van der Waals surface area contributed by atoms with Gasteiger partial charge in [-0.3, -0.25) is 9.48 Å². The van der Waals surface area contributed by atoms with Crippen molar-refractivity contribution in [1.82, 2.24) is 9.78 Å². The number of phenolic OH excluding ortho intramolecular Hbond substituents is 1. The monoisotopic (exact) mass is 345 g/mol. The molecule has 0 spiro atoms. The van der Waals surface area contributed by atoms with E-state index in [-0.39, 0.29) is 11.7 Å². The fourth-order valence-corrected chi connectivity index (χ4v) is 2.38. The molecule has 0 saturated heterocycles. The van der Waals surface area contributed by atoms with Gasteiger partial charge in [-0.1, -0.05) is 17.7 Å². The molecule has 1 amide bonds. The zero-order chi connectivity index (χ0) is 17.1. The summed E-state index contributed by atoms with van der Waals surface area (Å²) in [5.41, 5.74) is 1.66. The first-order chi connectivity index (χ1) is 11.5. The average molecular weight is 346 g/mol. The third kappa shape index (κ3) is 3.72. The van der Waals surface area contributed by atoms with E-state index in [2.05, 4.69) is 10.4 Å². The molecule has 0 atom stereocenters. The number of hydrogen-bond acceptors (Lipinski definition) is 3. The lowest BCUT2D eigenvalue weighted by Gasteiger charge is -2.05. The molecule has 2 N–H and O–H groups in total. The Morgan fingerprint density at radius 2 is 2.00 bits per heavy atom. The van der Waals surface area contributed by atoms with Crippen LogP contribution in [0.1, 0.15) is 15.9 Å². The van der Waals surface area contributed by atoms with Crippen LogP contribution < -0.4 is 5.32 Å². The molecule has 0 bridgehead atoms. The fourth-order valence-electron chi connectivity index (χ4n) is 2.16. The number of halogens is 2. The molecule has 0 aliphatic heterocycles. The molecule has 0 aliphatic rings. The molecular weight excluding hydrogens is 333 g/mol. The highest BCUT2D eigenvalue weighted by Crippen LogP contribution is 2.19. The molecule has 0 unspecified atom stereocenters. The number of phenols is 1. The highest BCUT2D eigenvalue weighted by atomic mass is 35.5. The lowest BCUT2D eigenvalue weighted by molar-refractivity contribution is 0.102. The normalized spacial score (nSPS) is 10.6. The quantitative estimate of drug-likeness (QED) is 0.758. The molecule has 5 nitrogen and oxygen atoms in total. The topological polar surface area (TPSA) is 67.2 Å². The van der Waals surface area contributed by atoms with Gasteiger partial charge in [-0.15, -0.1) is 0 Å². The van der Waals surface area contributed by atoms with Crippen LogP contribution in [0.3, 0.4) is 0 Å². The Morgan fingerprint density at radius 3 is 2.71 bits per heavy atom. The van der Waals surface area contributed by atoms with Gasteiger partial charge >= 0.3 is 0 Å². The van der Waals surface area contributed by atoms with Gasteiger partial charge < -0.3 is 10.4 Å². The van der Waals surface area contributed by atoms with Crippen LogP contribution in [0.2, 0.25) is 5.02 Å². The molecule has 0 radical (unpaired) electrons. The number of rotatable bonds is 4. The number of aromatic hydroxyl groups is 1. The molecule has 0 aliphatic carbocycles. The van der Waals surface area contributed by atoms with Crippen molar-refractivity contribution in [3.8, 4) is 5.75 Å². The molecule has 0 fully saturated rings. The zero-order valence-electron chi connectivity index (χ0n) is 12.4. The number of carbonyl (C=O) groups is 1. The second kappa shape index (κ2) is 6.72. The molecule has 2 aromatic carbocycles. The summed E-state index contributed by atoms with van der Waals surface area (Å²) in [6.45, 7) is 0.355. The third-order valence-corrected chi connectivity index (χ3v) is 3.72. The number of benzene rings is 2. The Labute approximate surface area is 142 Å². The Kier molecular flexibility index (Phi) is 4.48. The summed E-state index contributed by atoms with van der Waals surface area (Å²) < 4.78 is 14.6. The molecule has 24 heavy (non-hydrogen) atoms. The molecule has 7 heteroatoms. The zero-order valence-corrected chi connectivity index (χ0v) is 13.2. The number of aromatic nitrogens is 2. The Hall–Kier alpha value is -2.86. The molecule has 3 rings (SSSR count). The molecule has 1 aromatic heterocycles. The summed E-state index contributed by atoms with van der Waals surface area (Å²) in [5, 5.41) is 16.4. The second-order valence-electron chi connectivity index (χ2n) is 5.16. The van der Waals surface area contributed by atoms with Gasteiger partial charge in [0.2, 0.25) is 0 Å². The van der Waals surface area contributed by atoms with Crippen molar-refractivity contribution in [3.63, 3.8) is 0 Å². The van der Waals surface area contributed by atoms with Crippen LogP contribution in [-0.4, -0.2) is 20.8 Å². The number of anilines is 1. The summed E-state index contributed by atoms with van der Waals surface area (Å²) in [6.07, 6.45) is 3.16. The molecule has 0 saturated carbocycles. The minimum Gasteiger partial charge on any atom is -0.508 e. The van der Waals surface area contributed by atoms with Gasteiger partial charge in [0, 0.05) is 16.8 Å². The van der Waals surface area contributed by atoms with Gasteiger partial charge in [0.05, 0.1) is 18.4 Å². The van der Waals surface area contributed by atoms with Crippen LogP contribution in [-0.2, 0) is 6.54 Å². The largest absolute Gasteiger partial charge is 0.508 e. The number of carbonyl (C=O) groups excluding carboxylic acids is 1. The highest BCUT2D eigenvalue weighted by Gasteiger charge is 2.09. The van der Waals surface area contributed by atoms with E-state index in [1.54, 1.807) is 16.9 Å². The van der Waals surface area contributed by atoms with Crippen LogP contribution >= 0.6 is 11.6 Å². The van der Waals surface area contributed by atoms with Crippen molar-refractivity contribution < 1.29 is 14.3 Å². The van der Waals surface area contributed by atoms with Crippen molar-refractivity contribution in [2.45, 2.75) is 6.54 Å². The summed E-state index contributed by atoms with van der Waals surface area (Å²) in [5.74, 6) is -0.615. The summed E-state index contributed by atoms with van der Waals surface area (Å²) in [6, 6.07) is 10.1. The van der Waals surface area contributed by atoms with Crippen molar-refractivity contribution in [1.29, 1.82) is 0 Å². The Bertz CT molecular complexity index is 878. The van der Waals surface area contributed by atoms with Gasteiger partial charge in [-0.25, -0.2) is 4.39 Å². The first-order valence-electron chi connectivity index (χ1n) is 7.08. The predicted molar refractivity (Wildman–Crippen MR) is 88.8 cm³/mol. The van der Waals surface area contributed by atoms with Gasteiger partial charge in [0.25, 0.3) is 5.91 Å². The smallest absolute Gasteiger partial charge is 0.255 e. The van der Waals surface area contributed by atoms with E-state index in [9.17, 15) is 14.3 Å². The van der Waals surface area contributed by atoms with E-state index >= 15 is 0 Å². The first kappa shape index (κ1) is 16.0. The Balaban J connectivity index is 1.69. The molecule has 3 aromatic rings. The van der Waals surface area contributed by atoms with E-state index in [4.69, 9.17) is 11.6 Å². The summed E-state index contributed by atoms with van der Waals surface area (Å²) in [4.78, 5) is 12.1. The van der Waals surface area contributed by atoms with E-state index in [1.807, 2.05) is 0 Å². The van der Waals surface area contributed by atoms with Crippen molar-refractivity contribution >= 4 is 23.2 Å². The van der Waals surface area contributed by atoms with Crippen LogP contribution in [0.15, 0.2) is 54.9 Å². The van der Waals surface area contributed by atoms with Gasteiger partial charge in [0.15, 0.2) is 0 Å². The summed E-state index contributed by atoms with van der Waals surface area (Å²) >= 11 is 5.99. The Morgan fingerprint density at radius 1 is 1.25 bits per heavy atom. The first-order valence-corrected chi connectivity index (χ1v) is 7.46. The second-order valence-corrected chi connectivity index (χ2v) is 5.57. The maximum atomic E-state index is 13.0. The van der Waals surface area contributed by atoms with E-state index in [1.165, 1.54) is 42.6 Å². The van der Waals surface area contributed by atoms with Crippen molar-refractivity contribution in [2.75, 3.05) is 5.32 Å². The maximum Gasteiger partial charge on any atom is 0.255 e. The SMILES string of the molecule is O=C(Nc1cnn(Cc2ccc(F)cc2Cl)c1)c1ccc(O)cc1. The third-order valence-electron chi connectivity index (χ3n) is 3.37. The average Bonchev–Trinajstić information content (AvgIpc) is 2.98. The lowest BCUT2D eigenvalue weighted by atomic mass is 10.2. The van der Waals surface area contributed by atoms with Crippen molar-refractivity contribution in [3.05, 3.63) is 76.8 Å². The van der Waals surface area contributed by atoms with Crippen LogP contribution in [0.4, 0.5) is 10.1 Å².